The first-order valence-corrected chi connectivity index (χ1v) is 9.39. The fourth-order valence-corrected chi connectivity index (χ4v) is 3.56. The molecule has 4 rings (SSSR count). The van der Waals surface area contributed by atoms with E-state index in [2.05, 4.69) is 10.1 Å². The molecule has 0 saturated carbocycles. The fraction of sp³-hybridized carbons (Fsp3) is 0.182. The molecule has 2 aromatic heterocycles. The molecule has 0 unspecified atom stereocenters. The van der Waals surface area contributed by atoms with Crippen molar-refractivity contribution in [1.82, 2.24) is 14.8 Å². The highest BCUT2D eigenvalue weighted by atomic mass is 35.5. The summed E-state index contributed by atoms with van der Waals surface area (Å²) in [6.45, 7) is 2.05. The number of pyridine rings is 1. The van der Waals surface area contributed by atoms with Crippen LogP contribution in [0.4, 0.5) is 8.78 Å². The Morgan fingerprint density at radius 3 is 2.48 bits per heavy atom. The molecule has 0 spiro atoms. The van der Waals surface area contributed by atoms with E-state index in [9.17, 15) is 8.78 Å². The molecule has 2 aromatic carbocycles. The molecular weight excluding hydrogens is 396 g/mol. The summed E-state index contributed by atoms with van der Waals surface area (Å²) in [7, 11) is 1.57. The average molecular weight is 414 g/mol. The van der Waals surface area contributed by atoms with E-state index >= 15 is 0 Å². The number of aryl methyl sites for hydroxylation is 1. The summed E-state index contributed by atoms with van der Waals surface area (Å²) in [4.78, 5) is 4.67. The number of fused-ring (bicyclic) bond motifs is 1. The zero-order valence-corrected chi connectivity index (χ0v) is 16.6. The molecule has 0 N–H and O–H groups in total. The molecule has 7 heteroatoms. The summed E-state index contributed by atoms with van der Waals surface area (Å²) in [6.07, 6.45) is -2.64. The summed E-state index contributed by atoms with van der Waals surface area (Å²) in [5.41, 5.74) is 2.85. The van der Waals surface area contributed by atoms with Gasteiger partial charge >= 0.3 is 0 Å². The maximum absolute atomic E-state index is 13.9. The highest BCUT2D eigenvalue weighted by Crippen LogP contribution is 2.34. The van der Waals surface area contributed by atoms with Crippen LogP contribution in [-0.2, 0) is 6.54 Å². The standard InChI is InChI=1S/C22H18ClF2N3O/c1-13-20-17(21(24)25)11-19(14-7-9-16(29-2)10-8-14)26-22(20)28(27-13)12-15-5-3-4-6-18(15)23/h3-11,21H,12H2,1-2H3. The molecule has 0 saturated heterocycles. The lowest BCUT2D eigenvalue weighted by Crippen LogP contribution is -2.04. The van der Waals surface area contributed by atoms with Crippen LogP contribution in [0.25, 0.3) is 22.3 Å². The maximum atomic E-state index is 13.9. The first-order chi connectivity index (χ1) is 14.0. The van der Waals surface area contributed by atoms with E-state index in [-0.39, 0.29) is 5.56 Å². The number of aromatic nitrogens is 3. The summed E-state index contributed by atoms with van der Waals surface area (Å²) < 4.78 is 34.6. The molecule has 0 aliphatic rings. The van der Waals surface area contributed by atoms with Crippen molar-refractivity contribution in [3.8, 4) is 17.0 Å². The predicted molar refractivity (Wildman–Crippen MR) is 110 cm³/mol. The number of benzene rings is 2. The number of hydrogen-bond acceptors (Lipinski definition) is 3. The lowest BCUT2D eigenvalue weighted by molar-refractivity contribution is 0.153. The van der Waals surface area contributed by atoms with Crippen LogP contribution < -0.4 is 4.74 Å². The molecule has 4 aromatic rings. The number of hydrogen-bond donors (Lipinski definition) is 0. The normalized spacial score (nSPS) is 11.4. The van der Waals surface area contributed by atoms with Crippen LogP contribution in [0, 0.1) is 6.92 Å². The van der Waals surface area contributed by atoms with E-state index in [1.54, 1.807) is 49.0 Å². The third kappa shape index (κ3) is 3.68. The molecule has 0 fully saturated rings. The van der Waals surface area contributed by atoms with Gasteiger partial charge in [0.2, 0.25) is 0 Å². The first kappa shape index (κ1) is 19.3. The van der Waals surface area contributed by atoms with Crippen LogP contribution in [0.2, 0.25) is 5.02 Å². The maximum Gasteiger partial charge on any atom is 0.264 e. The van der Waals surface area contributed by atoms with Crippen molar-refractivity contribution in [2.24, 2.45) is 0 Å². The largest absolute Gasteiger partial charge is 0.497 e. The van der Waals surface area contributed by atoms with Crippen LogP contribution in [0.1, 0.15) is 23.2 Å². The van der Waals surface area contributed by atoms with E-state index in [4.69, 9.17) is 16.3 Å². The third-order valence-electron chi connectivity index (χ3n) is 4.81. The van der Waals surface area contributed by atoms with Gasteiger partial charge in [-0.3, -0.25) is 0 Å². The number of alkyl halides is 2. The Bertz CT molecular complexity index is 1170. The minimum Gasteiger partial charge on any atom is -0.497 e. The number of halogens is 3. The summed E-state index contributed by atoms with van der Waals surface area (Å²) in [5.74, 6) is 0.684. The van der Waals surface area contributed by atoms with Crippen molar-refractivity contribution in [1.29, 1.82) is 0 Å². The molecule has 0 amide bonds. The van der Waals surface area contributed by atoms with E-state index < -0.39 is 6.43 Å². The lowest BCUT2D eigenvalue weighted by Gasteiger charge is -2.10. The Kier molecular flexibility index (Phi) is 5.20. The monoisotopic (exact) mass is 413 g/mol. The highest BCUT2D eigenvalue weighted by Gasteiger charge is 2.21. The zero-order chi connectivity index (χ0) is 20.5. The Labute approximate surface area is 171 Å². The van der Waals surface area contributed by atoms with Crippen molar-refractivity contribution < 1.29 is 13.5 Å². The smallest absolute Gasteiger partial charge is 0.264 e. The first-order valence-electron chi connectivity index (χ1n) is 9.02. The van der Waals surface area contributed by atoms with E-state index in [1.807, 2.05) is 18.2 Å². The van der Waals surface area contributed by atoms with Crippen molar-refractivity contribution in [3.63, 3.8) is 0 Å². The number of rotatable bonds is 5. The van der Waals surface area contributed by atoms with Crippen LogP contribution in [-0.4, -0.2) is 21.9 Å². The minimum absolute atomic E-state index is 0.0799. The van der Waals surface area contributed by atoms with Gasteiger partial charge in [-0.15, -0.1) is 0 Å². The molecule has 0 atom stereocenters. The van der Waals surface area contributed by atoms with Gasteiger partial charge in [0, 0.05) is 16.1 Å². The van der Waals surface area contributed by atoms with E-state index in [0.717, 1.165) is 11.1 Å². The fourth-order valence-electron chi connectivity index (χ4n) is 3.37. The van der Waals surface area contributed by atoms with Gasteiger partial charge in [0.25, 0.3) is 6.43 Å². The van der Waals surface area contributed by atoms with Crippen molar-refractivity contribution in [3.05, 3.63) is 76.4 Å². The molecule has 0 radical (unpaired) electrons. The Balaban J connectivity index is 1.89. The van der Waals surface area contributed by atoms with Crippen LogP contribution in [0.5, 0.6) is 5.75 Å². The van der Waals surface area contributed by atoms with E-state index in [0.29, 0.717) is 39.7 Å². The van der Waals surface area contributed by atoms with E-state index in [1.165, 1.54) is 6.07 Å². The van der Waals surface area contributed by atoms with Crippen LogP contribution >= 0.6 is 11.6 Å². The van der Waals surface area contributed by atoms with Crippen LogP contribution in [0.15, 0.2) is 54.6 Å². The number of methoxy groups -OCH3 is 1. The summed E-state index contributed by atoms with van der Waals surface area (Å²) in [5, 5.41) is 5.44. The van der Waals surface area contributed by atoms with Crippen molar-refractivity contribution in [2.45, 2.75) is 19.9 Å². The van der Waals surface area contributed by atoms with Gasteiger partial charge in [-0.05, 0) is 48.9 Å². The molecular formula is C22H18ClF2N3O. The molecule has 2 heterocycles. The van der Waals surface area contributed by atoms with Gasteiger partial charge in [0.05, 0.1) is 30.4 Å². The number of ether oxygens (including phenoxy) is 1. The SMILES string of the molecule is COc1ccc(-c2cc(C(F)F)c3c(C)nn(Cc4ccccc4Cl)c3n2)cc1. The third-order valence-corrected chi connectivity index (χ3v) is 5.18. The van der Waals surface area contributed by atoms with Gasteiger partial charge in [-0.25, -0.2) is 18.4 Å². The second-order valence-corrected chi connectivity index (χ2v) is 7.07. The lowest BCUT2D eigenvalue weighted by atomic mass is 10.1. The Hall–Kier alpha value is -2.99. The molecule has 148 valence electrons. The zero-order valence-electron chi connectivity index (χ0n) is 15.9. The quantitative estimate of drug-likeness (QED) is 0.399. The van der Waals surface area contributed by atoms with Crippen molar-refractivity contribution >= 4 is 22.6 Å². The highest BCUT2D eigenvalue weighted by molar-refractivity contribution is 6.31. The topological polar surface area (TPSA) is 39.9 Å². The molecule has 0 aliphatic heterocycles. The van der Waals surface area contributed by atoms with Crippen LogP contribution in [0.3, 0.4) is 0 Å². The van der Waals surface area contributed by atoms with Crippen molar-refractivity contribution in [2.75, 3.05) is 7.11 Å². The van der Waals surface area contributed by atoms with Gasteiger partial charge in [-0.1, -0.05) is 29.8 Å². The van der Waals surface area contributed by atoms with Gasteiger partial charge in [0.1, 0.15) is 5.75 Å². The second kappa shape index (κ2) is 7.79. The molecule has 0 aliphatic carbocycles. The Morgan fingerprint density at radius 2 is 1.83 bits per heavy atom. The second-order valence-electron chi connectivity index (χ2n) is 6.66. The minimum atomic E-state index is -2.64. The average Bonchev–Trinajstić information content (AvgIpc) is 3.04. The Morgan fingerprint density at radius 1 is 1.10 bits per heavy atom. The van der Waals surface area contributed by atoms with Gasteiger partial charge in [0.15, 0.2) is 5.65 Å². The molecule has 4 nitrogen and oxygen atoms in total. The van der Waals surface area contributed by atoms with Gasteiger partial charge < -0.3 is 4.74 Å². The summed E-state index contributed by atoms with van der Waals surface area (Å²) >= 11 is 6.28. The molecule has 29 heavy (non-hydrogen) atoms. The van der Waals surface area contributed by atoms with Gasteiger partial charge in [-0.2, -0.15) is 5.10 Å². The predicted octanol–water partition coefficient (Wildman–Crippen LogP) is 6.05. The summed E-state index contributed by atoms with van der Waals surface area (Å²) in [6, 6.07) is 16.0. The molecule has 0 bridgehead atoms. The number of nitrogens with zero attached hydrogens (tertiary/aromatic N) is 3.